The van der Waals surface area contributed by atoms with E-state index in [2.05, 4.69) is 15.5 Å². The van der Waals surface area contributed by atoms with Crippen LogP contribution >= 0.6 is 0 Å². The minimum atomic E-state index is -3.51. The van der Waals surface area contributed by atoms with Crippen molar-refractivity contribution < 1.29 is 17.9 Å². The van der Waals surface area contributed by atoms with Crippen LogP contribution in [0.5, 0.6) is 0 Å². The Morgan fingerprint density at radius 3 is 2.70 bits per heavy atom. The minimum absolute atomic E-state index is 0.0175. The predicted octanol–water partition coefficient (Wildman–Crippen LogP) is 1.23. The molecule has 0 aliphatic heterocycles. The molecule has 0 saturated heterocycles. The number of benzene rings is 1. The Labute approximate surface area is 134 Å². The van der Waals surface area contributed by atoms with Crippen LogP contribution in [0.3, 0.4) is 0 Å². The Balaban J connectivity index is 2.17. The number of ether oxygens (including phenoxy) is 1. The van der Waals surface area contributed by atoms with Crippen LogP contribution in [0.1, 0.15) is 36.5 Å². The summed E-state index contributed by atoms with van der Waals surface area (Å²) in [5, 5.41) is 11.1. The molecule has 0 N–H and O–H groups in total. The summed E-state index contributed by atoms with van der Waals surface area (Å²) < 4.78 is 30.8. The van der Waals surface area contributed by atoms with Gasteiger partial charge < -0.3 is 4.74 Å². The Kier molecular flexibility index (Phi) is 5.43. The topological polar surface area (TPSA) is 104 Å². The smallest absolute Gasteiger partial charge is 0.339 e. The van der Waals surface area contributed by atoms with Crippen LogP contribution in [0.2, 0.25) is 0 Å². The lowest BCUT2D eigenvalue weighted by molar-refractivity contribution is 0.0452. The van der Waals surface area contributed by atoms with Crippen LogP contribution in [0, 0.1) is 0 Å². The van der Waals surface area contributed by atoms with Crippen molar-refractivity contribution in [1.29, 1.82) is 0 Å². The Morgan fingerprint density at radius 1 is 1.26 bits per heavy atom. The fourth-order valence-electron chi connectivity index (χ4n) is 1.98. The molecule has 0 spiro atoms. The first-order chi connectivity index (χ1) is 11.0. The van der Waals surface area contributed by atoms with Gasteiger partial charge in [0.1, 0.15) is 0 Å². The van der Waals surface area contributed by atoms with E-state index in [1.165, 1.54) is 19.1 Å². The summed E-state index contributed by atoms with van der Waals surface area (Å²) >= 11 is 0. The maximum Gasteiger partial charge on any atom is 0.339 e. The van der Waals surface area contributed by atoms with Crippen LogP contribution < -0.4 is 0 Å². The molecule has 2 aromatic rings. The van der Waals surface area contributed by atoms with E-state index in [0.717, 1.165) is 6.42 Å². The number of hydrogen-bond donors (Lipinski definition) is 0. The highest BCUT2D eigenvalue weighted by Crippen LogP contribution is 2.18. The van der Waals surface area contributed by atoms with Gasteiger partial charge in [-0.15, -0.1) is 5.10 Å². The average molecular weight is 338 g/mol. The molecule has 0 saturated carbocycles. The van der Waals surface area contributed by atoms with Gasteiger partial charge in [0.2, 0.25) is 0 Å². The normalized spacial score (nSPS) is 11.4. The van der Waals surface area contributed by atoms with Gasteiger partial charge in [0.05, 0.1) is 16.2 Å². The van der Waals surface area contributed by atoms with Gasteiger partial charge in [-0.3, -0.25) is 0 Å². The van der Waals surface area contributed by atoms with Crippen LogP contribution in [-0.4, -0.2) is 40.3 Å². The Morgan fingerprint density at radius 2 is 2.00 bits per heavy atom. The van der Waals surface area contributed by atoms with E-state index in [-0.39, 0.29) is 22.8 Å². The van der Waals surface area contributed by atoms with E-state index in [1.807, 2.05) is 6.92 Å². The van der Waals surface area contributed by atoms with E-state index < -0.39 is 15.8 Å². The molecule has 8 nitrogen and oxygen atoms in total. The molecule has 0 atom stereocenters. The van der Waals surface area contributed by atoms with E-state index >= 15 is 0 Å². The van der Waals surface area contributed by atoms with Gasteiger partial charge in [-0.05, 0) is 29.0 Å². The quantitative estimate of drug-likeness (QED) is 0.699. The number of hydrogen-bond acceptors (Lipinski definition) is 7. The van der Waals surface area contributed by atoms with Gasteiger partial charge in [0, 0.05) is 6.54 Å². The SMILES string of the molecule is CCCn1nnnc1COC(=O)c1ccccc1S(=O)(=O)CC. The van der Waals surface area contributed by atoms with E-state index in [4.69, 9.17) is 4.74 Å². The van der Waals surface area contributed by atoms with Crippen molar-refractivity contribution in [3.8, 4) is 0 Å². The number of aryl methyl sites for hydroxylation is 1. The molecular formula is C14H18N4O4S. The number of tetrazole rings is 1. The fourth-order valence-corrected chi connectivity index (χ4v) is 3.07. The first-order valence-corrected chi connectivity index (χ1v) is 8.88. The van der Waals surface area contributed by atoms with Gasteiger partial charge in [-0.2, -0.15) is 0 Å². The van der Waals surface area contributed by atoms with Gasteiger partial charge in [0.25, 0.3) is 0 Å². The summed E-state index contributed by atoms with van der Waals surface area (Å²) in [5.74, 6) is -0.397. The second kappa shape index (κ2) is 7.32. The number of aromatic nitrogens is 4. The lowest BCUT2D eigenvalue weighted by atomic mass is 10.2. The molecule has 1 heterocycles. The lowest BCUT2D eigenvalue weighted by Crippen LogP contribution is -2.15. The number of rotatable bonds is 7. The molecule has 0 fully saturated rings. The molecule has 124 valence electrons. The van der Waals surface area contributed by atoms with Crippen LogP contribution in [0.15, 0.2) is 29.2 Å². The molecule has 2 rings (SSSR count). The third-order valence-electron chi connectivity index (χ3n) is 3.20. The second-order valence-electron chi connectivity index (χ2n) is 4.79. The van der Waals surface area contributed by atoms with Gasteiger partial charge in [-0.1, -0.05) is 26.0 Å². The zero-order valence-electron chi connectivity index (χ0n) is 13.0. The Bertz CT molecular complexity index is 786. The average Bonchev–Trinajstić information content (AvgIpc) is 3.00. The second-order valence-corrected chi connectivity index (χ2v) is 7.04. The van der Waals surface area contributed by atoms with Crippen LogP contribution in [-0.2, 0) is 27.7 Å². The molecule has 0 aliphatic carbocycles. The summed E-state index contributed by atoms with van der Waals surface area (Å²) in [5.41, 5.74) is 0.0175. The molecule has 0 radical (unpaired) electrons. The number of carbonyl (C=O) groups excluding carboxylic acids is 1. The van der Waals surface area contributed by atoms with Crippen molar-refractivity contribution in [1.82, 2.24) is 20.2 Å². The summed E-state index contributed by atoms with van der Waals surface area (Å²) in [6.45, 7) is 3.99. The van der Waals surface area contributed by atoms with Crippen molar-refractivity contribution in [3.05, 3.63) is 35.7 Å². The van der Waals surface area contributed by atoms with Crippen LogP contribution in [0.4, 0.5) is 0 Å². The number of carbonyl (C=O) groups is 1. The van der Waals surface area contributed by atoms with E-state index in [1.54, 1.807) is 16.8 Å². The molecule has 1 aromatic heterocycles. The highest BCUT2D eigenvalue weighted by Gasteiger charge is 2.22. The molecule has 0 unspecified atom stereocenters. The highest BCUT2D eigenvalue weighted by atomic mass is 32.2. The maximum atomic E-state index is 12.2. The zero-order chi connectivity index (χ0) is 16.9. The highest BCUT2D eigenvalue weighted by molar-refractivity contribution is 7.91. The molecule has 23 heavy (non-hydrogen) atoms. The summed E-state index contributed by atoms with van der Waals surface area (Å²) in [6, 6.07) is 5.99. The van der Waals surface area contributed by atoms with Crippen molar-refractivity contribution in [3.63, 3.8) is 0 Å². The monoisotopic (exact) mass is 338 g/mol. The molecular weight excluding hydrogens is 320 g/mol. The van der Waals surface area contributed by atoms with Gasteiger partial charge in [0.15, 0.2) is 22.3 Å². The van der Waals surface area contributed by atoms with Gasteiger partial charge >= 0.3 is 5.97 Å². The summed E-state index contributed by atoms with van der Waals surface area (Å²) in [6.07, 6.45) is 0.837. The minimum Gasteiger partial charge on any atom is -0.454 e. The maximum absolute atomic E-state index is 12.2. The third kappa shape index (κ3) is 3.92. The standard InChI is InChI=1S/C14H18N4O4S/c1-3-9-18-13(15-16-17-18)10-22-14(19)11-7-5-6-8-12(11)23(20,21)4-2/h5-8H,3-4,9-10H2,1-2H3. The summed E-state index contributed by atoms with van der Waals surface area (Å²) in [4.78, 5) is 12.2. The number of sulfone groups is 1. The Hall–Kier alpha value is -2.29. The van der Waals surface area contributed by atoms with Crippen molar-refractivity contribution >= 4 is 15.8 Å². The third-order valence-corrected chi connectivity index (χ3v) is 4.98. The molecule has 1 aromatic carbocycles. The molecule has 0 amide bonds. The first kappa shape index (κ1) is 17.1. The van der Waals surface area contributed by atoms with E-state index in [0.29, 0.717) is 12.4 Å². The zero-order valence-corrected chi connectivity index (χ0v) is 13.8. The van der Waals surface area contributed by atoms with E-state index in [9.17, 15) is 13.2 Å². The molecule has 9 heteroatoms. The number of nitrogens with zero attached hydrogens (tertiary/aromatic N) is 4. The fraction of sp³-hybridized carbons (Fsp3) is 0.429. The van der Waals surface area contributed by atoms with Crippen molar-refractivity contribution in [2.24, 2.45) is 0 Å². The van der Waals surface area contributed by atoms with Crippen molar-refractivity contribution in [2.75, 3.05) is 5.75 Å². The lowest BCUT2D eigenvalue weighted by Gasteiger charge is -2.09. The molecule has 0 bridgehead atoms. The molecule has 0 aliphatic rings. The summed E-state index contributed by atoms with van der Waals surface area (Å²) in [7, 11) is -3.51. The van der Waals surface area contributed by atoms with Crippen molar-refractivity contribution in [2.45, 2.75) is 38.3 Å². The largest absolute Gasteiger partial charge is 0.454 e. The van der Waals surface area contributed by atoms with Crippen LogP contribution in [0.25, 0.3) is 0 Å². The van der Waals surface area contributed by atoms with Gasteiger partial charge in [-0.25, -0.2) is 17.9 Å². The first-order valence-electron chi connectivity index (χ1n) is 7.23. The predicted molar refractivity (Wildman–Crippen MR) is 81.4 cm³/mol. The number of esters is 1.